The molecule has 1 atom stereocenters. The monoisotopic (exact) mass is 330 g/mol. The summed E-state index contributed by atoms with van der Waals surface area (Å²) in [5.74, 6) is 0.405. The number of fused-ring (bicyclic) bond motifs is 1. The number of ether oxygens (including phenoxy) is 1. The molecule has 2 N–H and O–H groups in total. The van der Waals surface area contributed by atoms with Crippen LogP contribution in [0.25, 0.3) is 0 Å². The molecule has 6 heteroatoms. The lowest BCUT2D eigenvalue weighted by Crippen LogP contribution is -2.34. The summed E-state index contributed by atoms with van der Waals surface area (Å²) in [6.07, 6.45) is 1.70. The van der Waals surface area contributed by atoms with Crippen molar-refractivity contribution >= 4 is 34.5 Å². The van der Waals surface area contributed by atoms with E-state index in [4.69, 9.17) is 4.74 Å². The topological polar surface area (TPSA) is 67.4 Å². The Labute approximate surface area is 138 Å². The van der Waals surface area contributed by atoms with Gasteiger partial charge in [-0.2, -0.15) is 0 Å². The minimum Gasteiger partial charge on any atom is -0.479 e. The zero-order valence-corrected chi connectivity index (χ0v) is 13.6. The van der Waals surface area contributed by atoms with Gasteiger partial charge in [0.25, 0.3) is 5.91 Å². The van der Waals surface area contributed by atoms with Crippen LogP contribution in [0.5, 0.6) is 5.75 Å². The van der Waals surface area contributed by atoms with Gasteiger partial charge in [-0.1, -0.05) is 6.07 Å². The largest absolute Gasteiger partial charge is 0.479 e. The lowest BCUT2D eigenvalue weighted by atomic mass is 10.2. The summed E-state index contributed by atoms with van der Waals surface area (Å²) in [5, 5.41) is 7.67. The number of hydrogen-bond acceptors (Lipinski definition) is 4. The molecule has 0 bridgehead atoms. The second-order valence-electron chi connectivity index (χ2n) is 5.44. The molecule has 0 aliphatic carbocycles. The van der Waals surface area contributed by atoms with Crippen LogP contribution in [-0.2, 0) is 16.0 Å². The minimum atomic E-state index is -0.500. The number of amides is 2. The van der Waals surface area contributed by atoms with Crippen LogP contribution in [0.1, 0.15) is 24.6 Å². The van der Waals surface area contributed by atoms with Crippen molar-refractivity contribution in [2.45, 2.75) is 32.3 Å². The highest BCUT2D eigenvalue weighted by atomic mass is 32.1. The van der Waals surface area contributed by atoms with Crippen molar-refractivity contribution in [1.82, 2.24) is 0 Å². The van der Waals surface area contributed by atoms with E-state index in [0.29, 0.717) is 23.5 Å². The minimum absolute atomic E-state index is 0.0297. The van der Waals surface area contributed by atoms with Crippen molar-refractivity contribution in [3.63, 3.8) is 0 Å². The fourth-order valence-electron chi connectivity index (χ4n) is 2.39. The maximum absolute atomic E-state index is 12.0. The number of carbonyl (C=O) groups is 2. The number of aryl methyl sites for hydroxylation is 1. The first-order valence-electron chi connectivity index (χ1n) is 7.55. The molecule has 2 aromatic rings. The Morgan fingerprint density at radius 3 is 3.04 bits per heavy atom. The van der Waals surface area contributed by atoms with Crippen LogP contribution in [0, 0.1) is 0 Å². The molecule has 2 heterocycles. The lowest BCUT2D eigenvalue weighted by Gasteiger charge is -2.23. The van der Waals surface area contributed by atoms with Crippen molar-refractivity contribution in [3.05, 3.63) is 40.6 Å². The molecule has 120 valence electrons. The smallest absolute Gasteiger partial charge is 0.265 e. The first-order valence-corrected chi connectivity index (χ1v) is 8.43. The molecule has 0 radical (unpaired) electrons. The molecule has 1 aromatic heterocycles. The molecule has 0 fully saturated rings. The summed E-state index contributed by atoms with van der Waals surface area (Å²) < 4.78 is 5.49. The third kappa shape index (κ3) is 3.90. The number of rotatable bonds is 5. The highest BCUT2D eigenvalue weighted by Crippen LogP contribution is 2.32. The van der Waals surface area contributed by atoms with E-state index < -0.39 is 6.10 Å². The second kappa shape index (κ2) is 6.83. The van der Waals surface area contributed by atoms with E-state index >= 15 is 0 Å². The third-order valence-corrected chi connectivity index (χ3v) is 4.54. The molecule has 0 saturated heterocycles. The second-order valence-corrected chi connectivity index (χ2v) is 6.47. The Morgan fingerprint density at radius 2 is 2.26 bits per heavy atom. The van der Waals surface area contributed by atoms with Crippen molar-refractivity contribution in [3.8, 4) is 5.75 Å². The van der Waals surface area contributed by atoms with Crippen molar-refractivity contribution < 1.29 is 14.3 Å². The lowest BCUT2D eigenvalue weighted by molar-refractivity contribution is -0.122. The molecule has 0 unspecified atom stereocenters. The Balaban J connectivity index is 1.54. The Hall–Kier alpha value is -2.34. The van der Waals surface area contributed by atoms with Gasteiger partial charge in [0.05, 0.1) is 5.69 Å². The molecule has 23 heavy (non-hydrogen) atoms. The van der Waals surface area contributed by atoms with Gasteiger partial charge < -0.3 is 15.4 Å². The van der Waals surface area contributed by atoms with E-state index in [-0.39, 0.29) is 11.8 Å². The van der Waals surface area contributed by atoms with Crippen molar-refractivity contribution in [1.29, 1.82) is 0 Å². The fourth-order valence-corrected chi connectivity index (χ4v) is 3.14. The molecule has 1 aliphatic rings. The van der Waals surface area contributed by atoms with E-state index in [1.54, 1.807) is 36.5 Å². The van der Waals surface area contributed by atoms with Crippen LogP contribution in [0.3, 0.4) is 0 Å². The van der Waals surface area contributed by atoms with Gasteiger partial charge >= 0.3 is 0 Å². The standard InChI is InChI=1S/C17H18N2O3S/c1-11-17(21)19-14-10-12(7-8-15(14)22-11)18-16(20)6-2-4-13-5-3-9-23-13/h3,5,7-11H,2,4,6H2,1H3,(H,18,20)(H,19,21)/t11-/m1/s1. The molecule has 2 amide bonds. The van der Waals surface area contributed by atoms with E-state index in [1.165, 1.54) is 4.88 Å². The maximum Gasteiger partial charge on any atom is 0.265 e. The summed E-state index contributed by atoms with van der Waals surface area (Å²) in [4.78, 5) is 24.9. The van der Waals surface area contributed by atoms with Crippen molar-refractivity contribution in [2.75, 3.05) is 10.6 Å². The summed E-state index contributed by atoms with van der Waals surface area (Å²) >= 11 is 1.71. The van der Waals surface area contributed by atoms with Crippen LogP contribution in [-0.4, -0.2) is 17.9 Å². The Morgan fingerprint density at radius 1 is 1.39 bits per heavy atom. The Kier molecular flexibility index (Phi) is 4.62. The fraction of sp³-hybridized carbons (Fsp3) is 0.294. The first-order chi connectivity index (χ1) is 11.1. The van der Waals surface area contributed by atoms with Gasteiger partial charge in [-0.3, -0.25) is 9.59 Å². The zero-order chi connectivity index (χ0) is 16.2. The molecule has 1 aromatic carbocycles. The van der Waals surface area contributed by atoms with Gasteiger partial charge in [-0.15, -0.1) is 11.3 Å². The average Bonchev–Trinajstić information content (AvgIpc) is 3.02. The highest BCUT2D eigenvalue weighted by molar-refractivity contribution is 7.09. The quantitative estimate of drug-likeness (QED) is 0.882. The molecule has 5 nitrogen and oxygen atoms in total. The molecule has 0 spiro atoms. The number of carbonyl (C=O) groups excluding carboxylic acids is 2. The molecular formula is C17H18N2O3S. The van der Waals surface area contributed by atoms with E-state index in [2.05, 4.69) is 16.7 Å². The third-order valence-electron chi connectivity index (χ3n) is 3.60. The van der Waals surface area contributed by atoms with E-state index in [0.717, 1.165) is 12.8 Å². The van der Waals surface area contributed by atoms with E-state index in [1.807, 2.05) is 11.4 Å². The predicted molar refractivity (Wildman–Crippen MR) is 91.0 cm³/mol. The highest BCUT2D eigenvalue weighted by Gasteiger charge is 2.23. The van der Waals surface area contributed by atoms with Gasteiger partial charge in [0, 0.05) is 17.0 Å². The van der Waals surface area contributed by atoms with Crippen molar-refractivity contribution in [2.24, 2.45) is 0 Å². The SMILES string of the molecule is C[C@H]1Oc2ccc(NC(=O)CCCc3cccs3)cc2NC1=O. The molecule has 1 aliphatic heterocycles. The normalized spacial score (nSPS) is 16.2. The maximum atomic E-state index is 12.0. The van der Waals surface area contributed by atoms with Gasteiger partial charge in [-0.05, 0) is 49.4 Å². The van der Waals surface area contributed by atoms with Crippen LogP contribution >= 0.6 is 11.3 Å². The van der Waals surface area contributed by atoms with Gasteiger partial charge in [0.2, 0.25) is 5.91 Å². The molecule has 3 rings (SSSR count). The average molecular weight is 330 g/mol. The number of anilines is 2. The van der Waals surface area contributed by atoms with Crippen LogP contribution in [0.4, 0.5) is 11.4 Å². The summed E-state index contributed by atoms with van der Waals surface area (Å²) in [6.45, 7) is 1.70. The predicted octanol–water partition coefficient (Wildman–Crippen LogP) is 3.43. The van der Waals surface area contributed by atoms with Gasteiger partial charge in [0.1, 0.15) is 5.75 Å². The number of thiophene rings is 1. The summed E-state index contributed by atoms with van der Waals surface area (Å²) in [6, 6.07) is 9.35. The van der Waals surface area contributed by atoms with Crippen LogP contribution in [0.2, 0.25) is 0 Å². The zero-order valence-electron chi connectivity index (χ0n) is 12.8. The number of hydrogen-bond donors (Lipinski definition) is 2. The number of nitrogens with one attached hydrogen (secondary N) is 2. The Bertz CT molecular complexity index is 713. The summed E-state index contributed by atoms with van der Waals surface area (Å²) in [7, 11) is 0. The first kappa shape index (κ1) is 15.6. The van der Waals surface area contributed by atoms with Gasteiger partial charge in [-0.25, -0.2) is 0 Å². The number of benzene rings is 1. The molecule has 0 saturated carbocycles. The van der Waals surface area contributed by atoms with Crippen LogP contribution < -0.4 is 15.4 Å². The molecular weight excluding hydrogens is 312 g/mol. The van der Waals surface area contributed by atoms with E-state index in [9.17, 15) is 9.59 Å². The summed E-state index contributed by atoms with van der Waals surface area (Å²) in [5.41, 5.74) is 1.24. The van der Waals surface area contributed by atoms with Gasteiger partial charge in [0.15, 0.2) is 6.10 Å². The van der Waals surface area contributed by atoms with Crippen LogP contribution in [0.15, 0.2) is 35.7 Å².